The van der Waals surface area contributed by atoms with Crippen LogP contribution >= 0.6 is 0 Å². The first-order valence-corrected chi connectivity index (χ1v) is 17.6. The fraction of sp³-hybridized carbons (Fsp3) is 0.436. The van der Waals surface area contributed by atoms with Crippen LogP contribution in [0.3, 0.4) is 0 Å². The second kappa shape index (κ2) is 16.8. The molecule has 0 spiro atoms. The van der Waals surface area contributed by atoms with Crippen LogP contribution in [-0.4, -0.2) is 74.4 Å². The summed E-state index contributed by atoms with van der Waals surface area (Å²) >= 11 is 0. The van der Waals surface area contributed by atoms with Crippen molar-refractivity contribution in [3.05, 3.63) is 95.8 Å². The molecule has 12 heteroatoms. The van der Waals surface area contributed by atoms with Gasteiger partial charge in [0.2, 0.25) is 17.7 Å². The van der Waals surface area contributed by atoms with Gasteiger partial charge in [0, 0.05) is 50.8 Å². The number of hydrogen-bond donors (Lipinski definition) is 4. The zero-order valence-corrected chi connectivity index (χ0v) is 29.2. The zero-order valence-electron chi connectivity index (χ0n) is 29.2. The third kappa shape index (κ3) is 9.05. The van der Waals surface area contributed by atoms with E-state index in [1.807, 2.05) is 48.5 Å². The Hall–Kier alpha value is -4.94. The van der Waals surface area contributed by atoms with E-state index >= 15 is 0 Å². The van der Waals surface area contributed by atoms with Gasteiger partial charge in [-0.1, -0.05) is 61.4 Å². The Morgan fingerprint density at radius 2 is 1.65 bits per heavy atom. The third-order valence-electron chi connectivity index (χ3n) is 9.99. The Labute approximate surface area is 298 Å². The second-order valence-corrected chi connectivity index (χ2v) is 13.6. The van der Waals surface area contributed by atoms with E-state index in [0.29, 0.717) is 37.1 Å². The highest BCUT2D eigenvalue weighted by molar-refractivity contribution is 6.03. The Morgan fingerprint density at radius 3 is 2.25 bits per heavy atom. The van der Waals surface area contributed by atoms with Crippen LogP contribution in [0, 0.1) is 5.41 Å². The SMILES string of the molecule is CC(=O)NCCC1(C(=O)NC(Cc2ccc(N3C(=O)C(Cc4cccnc4)N(C(=O)CCC(O)O)C3c3ccccc3)cc2)C(C)=O)CCCC1. The maximum absolute atomic E-state index is 14.4. The van der Waals surface area contributed by atoms with E-state index in [4.69, 9.17) is 0 Å². The molecule has 2 heterocycles. The summed E-state index contributed by atoms with van der Waals surface area (Å²) in [5.41, 5.74) is 2.16. The molecule has 2 aromatic carbocycles. The lowest BCUT2D eigenvalue weighted by atomic mass is 9.81. The molecular formula is C39H47N5O7. The van der Waals surface area contributed by atoms with Crippen LogP contribution in [-0.2, 0) is 36.8 Å². The maximum atomic E-state index is 14.4. The quantitative estimate of drug-likeness (QED) is 0.175. The Bertz CT molecular complexity index is 1680. The predicted octanol–water partition coefficient (Wildman–Crippen LogP) is 3.36. The van der Waals surface area contributed by atoms with Crippen molar-refractivity contribution in [3.63, 3.8) is 0 Å². The number of amides is 4. The van der Waals surface area contributed by atoms with Crippen molar-refractivity contribution in [2.75, 3.05) is 11.4 Å². The summed E-state index contributed by atoms with van der Waals surface area (Å²) in [6, 6.07) is 18.4. The Balaban J connectivity index is 1.41. The fourth-order valence-corrected chi connectivity index (χ4v) is 7.27. The molecule has 3 aromatic rings. The van der Waals surface area contributed by atoms with E-state index in [-0.39, 0.29) is 49.2 Å². The number of nitrogens with zero attached hydrogens (tertiary/aromatic N) is 3. The zero-order chi connectivity index (χ0) is 36.5. The van der Waals surface area contributed by atoms with Gasteiger partial charge in [-0.05, 0) is 67.5 Å². The second-order valence-electron chi connectivity index (χ2n) is 13.6. The van der Waals surface area contributed by atoms with Gasteiger partial charge in [-0.2, -0.15) is 0 Å². The highest BCUT2D eigenvalue weighted by Gasteiger charge is 2.49. The summed E-state index contributed by atoms with van der Waals surface area (Å²) in [6.45, 7) is 3.29. The molecule has 3 unspecified atom stereocenters. The van der Waals surface area contributed by atoms with E-state index in [1.54, 1.807) is 35.5 Å². The van der Waals surface area contributed by atoms with E-state index in [2.05, 4.69) is 15.6 Å². The highest BCUT2D eigenvalue weighted by atomic mass is 16.5. The number of rotatable bonds is 15. The van der Waals surface area contributed by atoms with E-state index in [9.17, 15) is 34.2 Å². The minimum Gasteiger partial charge on any atom is -0.368 e. The molecular weight excluding hydrogens is 650 g/mol. The van der Waals surface area contributed by atoms with Crippen molar-refractivity contribution in [1.29, 1.82) is 0 Å². The lowest BCUT2D eigenvalue weighted by Gasteiger charge is -2.32. The van der Waals surface area contributed by atoms with Crippen LogP contribution in [0.25, 0.3) is 0 Å². The molecule has 1 aliphatic carbocycles. The molecule has 0 bridgehead atoms. The van der Waals surface area contributed by atoms with E-state index in [0.717, 1.165) is 24.0 Å². The molecule has 4 N–H and O–H groups in total. The van der Waals surface area contributed by atoms with Gasteiger partial charge >= 0.3 is 0 Å². The van der Waals surface area contributed by atoms with Gasteiger partial charge in [0.25, 0.3) is 5.91 Å². The maximum Gasteiger partial charge on any atom is 0.252 e. The number of aliphatic hydroxyl groups is 2. The van der Waals surface area contributed by atoms with Crippen LogP contribution in [0.15, 0.2) is 79.1 Å². The van der Waals surface area contributed by atoms with Crippen molar-refractivity contribution in [1.82, 2.24) is 20.5 Å². The normalized spacial score (nSPS) is 18.9. The minimum absolute atomic E-state index is 0.149. The molecule has 1 saturated carbocycles. The Kier molecular flexibility index (Phi) is 12.3. The molecule has 51 heavy (non-hydrogen) atoms. The van der Waals surface area contributed by atoms with Crippen molar-refractivity contribution in [2.24, 2.45) is 5.41 Å². The number of anilines is 1. The number of aromatic nitrogens is 1. The van der Waals surface area contributed by atoms with Crippen molar-refractivity contribution < 1.29 is 34.2 Å². The van der Waals surface area contributed by atoms with E-state index < -0.39 is 35.9 Å². The molecule has 2 fully saturated rings. The van der Waals surface area contributed by atoms with Gasteiger partial charge in [-0.25, -0.2) is 0 Å². The summed E-state index contributed by atoms with van der Waals surface area (Å²) in [5.74, 6) is -1.19. The Morgan fingerprint density at radius 1 is 0.941 bits per heavy atom. The third-order valence-corrected chi connectivity index (χ3v) is 9.99. The van der Waals surface area contributed by atoms with Crippen molar-refractivity contribution in [2.45, 2.75) is 96.2 Å². The van der Waals surface area contributed by atoms with Crippen molar-refractivity contribution in [3.8, 4) is 0 Å². The number of ketones is 1. The van der Waals surface area contributed by atoms with Crippen LogP contribution < -0.4 is 15.5 Å². The average Bonchev–Trinajstić information content (AvgIpc) is 3.71. The van der Waals surface area contributed by atoms with E-state index in [1.165, 1.54) is 18.7 Å². The van der Waals surface area contributed by atoms with Crippen LogP contribution in [0.2, 0.25) is 0 Å². The van der Waals surface area contributed by atoms with Gasteiger partial charge < -0.3 is 25.7 Å². The number of carbonyl (C=O) groups excluding carboxylic acids is 5. The standard InChI is InChI=1S/C39H47N5O7/c1-26(45)32(42-38(51)39(18-6-7-19-39)20-22-41-27(2)46)23-28-12-14-31(15-13-28)43-36(30-10-4-3-5-11-30)44(34(47)16-17-35(48)49)33(37(43)50)24-29-9-8-21-40-25-29/h3-5,8-15,21,25,32-33,35-36,48-49H,6-7,16-20,22-24H2,1-2H3,(H,41,46)(H,42,51). The molecule has 0 radical (unpaired) electrons. The molecule has 1 aromatic heterocycles. The molecule has 3 atom stereocenters. The van der Waals surface area contributed by atoms with Gasteiger partial charge in [-0.3, -0.25) is 33.9 Å². The monoisotopic (exact) mass is 697 g/mol. The highest BCUT2D eigenvalue weighted by Crippen LogP contribution is 2.42. The molecule has 1 aliphatic heterocycles. The van der Waals surface area contributed by atoms with Gasteiger partial charge in [0.1, 0.15) is 12.2 Å². The summed E-state index contributed by atoms with van der Waals surface area (Å²) in [5, 5.41) is 24.9. The smallest absolute Gasteiger partial charge is 0.252 e. The fourth-order valence-electron chi connectivity index (χ4n) is 7.27. The van der Waals surface area contributed by atoms with Gasteiger partial charge in [-0.15, -0.1) is 0 Å². The average molecular weight is 698 g/mol. The number of benzene rings is 2. The molecule has 12 nitrogen and oxygen atoms in total. The molecule has 5 rings (SSSR count). The number of pyridine rings is 1. The number of Topliss-reactive ketones (excluding diaryl/α,β-unsaturated/α-hetero) is 1. The van der Waals surface area contributed by atoms with Crippen LogP contribution in [0.5, 0.6) is 0 Å². The van der Waals surface area contributed by atoms with Crippen molar-refractivity contribution >= 4 is 35.1 Å². The van der Waals surface area contributed by atoms with Gasteiger partial charge in [0.15, 0.2) is 12.1 Å². The summed E-state index contributed by atoms with van der Waals surface area (Å²) < 4.78 is 0. The van der Waals surface area contributed by atoms with Crippen LogP contribution in [0.1, 0.15) is 81.6 Å². The number of hydrogen-bond acceptors (Lipinski definition) is 8. The number of carbonyl (C=O) groups is 5. The molecule has 1 saturated heterocycles. The topological polar surface area (TPSA) is 169 Å². The first-order chi connectivity index (χ1) is 24.5. The predicted molar refractivity (Wildman–Crippen MR) is 190 cm³/mol. The lowest BCUT2D eigenvalue weighted by molar-refractivity contribution is -0.138. The molecule has 270 valence electrons. The summed E-state index contributed by atoms with van der Waals surface area (Å²) in [6.07, 6.45) is 4.66. The summed E-state index contributed by atoms with van der Waals surface area (Å²) in [4.78, 5) is 73.4. The lowest BCUT2D eigenvalue weighted by Crippen LogP contribution is -2.49. The number of nitrogens with one attached hydrogen (secondary N) is 2. The largest absolute Gasteiger partial charge is 0.368 e. The molecule has 2 aliphatic rings. The minimum atomic E-state index is -1.67. The number of aliphatic hydroxyl groups excluding tert-OH is 1. The first-order valence-electron chi connectivity index (χ1n) is 17.6. The van der Waals surface area contributed by atoms with Crippen LogP contribution in [0.4, 0.5) is 5.69 Å². The molecule has 4 amide bonds. The first kappa shape index (κ1) is 37.3. The summed E-state index contributed by atoms with van der Waals surface area (Å²) in [7, 11) is 0. The van der Waals surface area contributed by atoms with Gasteiger partial charge in [0.05, 0.1) is 11.5 Å².